The third kappa shape index (κ3) is 4.27. The van der Waals surface area contributed by atoms with Gasteiger partial charge in [-0.3, -0.25) is 19.1 Å². The van der Waals surface area contributed by atoms with Gasteiger partial charge in [0.1, 0.15) is 0 Å². The van der Waals surface area contributed by atoms with Crippen LogP contribution in [-0.4, -0.2) is 27.0 Å². The van der Waals surface area contributed by atoms with Gasteiger partial charge in [-0.2, -0.15) is 0 Å². The zero-order valence-electron chi connectivity index (χ0n) is 15.7. The number of H-pyrrole nitrogens is 1. The van der Waals surface area contributed by atoms with Crippen LogP contribution < -0.4 is 16.6 Å². The molecule has 148 valence electrons. The molecule has 0 aliphatic heterocycles. The summed E-state index contributed by atoms with van der Waals surface area (Å²) in [6.07, 6.45) is 1.77. The number of rotatable bonds is 7. The number of amides is 1. The monoisotopic (exact) mass is 408 g/mol. The number of hydrogen-bond acceptors (Lipinski definition) is 5. The smallest absolute Gasteiger partial charge is 0.328 e. The Bertz CT molecular complexity index is 1260. The standard InChI is InChI=1S/C21H20N4O3S/c26-18(22-12-5-10-19-23-15-7-2-4-9-17(15)29-19)11-13-25-16-8-3-1-6-14(16)20(27)24-21(25)28/h1-4,6-9H,5,10-13H2,(H,22,26)(H,24,27,28). The highest BCUT2D eigenvalue weighted by Crippen LogP contribution is 2.22. The molecule has 0 aliphatic rings. The highest BCUT2D eigenvalue weighted by molar-refractivity contribution is 7.18. The first-order valence-electron chi connectivity index (χ1n) is 9.45. The van der Waals surface area contributed by atoms with E-state index in [0.717, 1.165) is 23.4 Å². The lowest BCUT2D eigenvalue weighted by Gasteiger charge is -2.09. The minimum atomic E-state index is -0.502. The fourth-order valence-corrected chi connectivity index (χ4v) is 4.27. The maximum absolute atomic E-state index is 12.2. The normalized spacial score (nSPS) is 11.2. The highest BCUT2D eigenvalue weighted by atomic mass is 32.1. The Hall–Kier alpha value is -3.26. The number of para-hydroxylation sites is 2. The average Bonchev–Trinajstić information content (AvgIpc) is 3.14. The molecule has 0 fully saturated rings. The quantitative estimate of drug-likeness (QED) is 0.459. The lowest BCUT2D eigenvalue weighted by atomic mass is 10.2. The van der Waals surface area contributed by atoms with E-state index >= 15 is 0 Å². The summed E-state index contributed by atoms with van der Waals surface area (Å²) in [6, 6.07) is 14.9. The largest absolute Gasteiger partial charge is 0.356 e. The number of nitrogens with zero attached hydrogens (tertiary/aromatic N) is 2. The number of aromatic amines is 1. The van der Waals surface area contributed by atoms with Crippen LogP contribution in [0.4, 0.5) is 0 Å². The number of hydrogen-bond donors (Lipinski definition) is 2. The van der Waals surface area contributed by atoms with Gasteiger partial charge in [-0.05, 0) is 30.7 Å². The van der Waals surface area contributed by atoms with Crippen LogP contribution in [-0.2, 0) is 17.8 Å². The van der Waals surface area contributed by atoms with Gasteiger partial charge < -0.3 is 5.32 Å². The summed E-state index contributed by atoms with van der Waals surface area (Å²) in [5.74, 6) is -0.128. The number of nitrogens with one attached hydrogen (secondary N) is 2. The molecule has 29 heavy (non-hydrogen) atoms. The van der Waals surface area contributed by atoms with E-state index in [1.807, 2.05) is 18.2 Å². The molecule has 1 amide bonds. The topological polar surface area (TPSA) is 96.9 Å². The Morgan fingerprint density at radius 2 is 1.90 bits per heavy atom. The number of carbonyl (C=O) groups excluding carboxylic acids is 1. The number of aromatic nitrogens is 3. The molecule has 7 nitrogen and oxygen atoms in total. The van der Waals surface area contributed by atoms with E-state index in [4.69, 9.17) is 0 Å². The molecule has 4 aromatic rings. The minimum absolute atomic E-state index is 0.128. The van der Waals surface area contributed by atoms with E-state index in [-0.39, 0.29) is 18.9 Å². The van der Waals surface area contributed by atoms with Gasteiger partial charge in [0.15, 0.2) is 0 Å². The fourth-order valence-electron chi connectivity index (χ4n) is 3.26. The van der Waals surface area contributed by atoms with Crippen molar-refractivity contribution in [3.63, 3.8) is 0 Å². The van der Waals surface area contributed by atoms with Crippen LogP contribution in [0.25, 0.3) is 21.1 Å². The van der Waals surface area contributed by atoms with E-state index < -0.39 is 11.2 Å². The Labute approximate surface area is 170 Å². The van der Waals surface area contributed by atoms with Crippen LogP contribution in [0, 0.1) is 0 Å². The molecular formula is C21H20N4O3S. The van der Waals surface area contributed by atoms with Crippen molar-refractivity contribution in [1.82, 2.24) is 19.9 Å². The Kier molecular flexibility index (Phi) is 5.53. The third-order valence-corrected chi connectivity index (χ3v) is 5.79. The van der Waals surface area contributed by atoms with Gasteiger partial charge in [0.2, 0.25) is 5.91 Å². The molecule has 0 saturated carbocycles. The molecule has 0 radical (unpaired) electrons. The molecule has 0 saturated heterocycles. The third-order valence-electron chi connectivity index (χ3n) is 4.70. The van der Waals surface area contributed by atoms with E-state index in [0.29, 0.717) is 17.4 Å². The minimum Gasteiger partial charge on any atom is -0.356 e. The second kappa shape index (κ2) is 8.40. The molecule has 0 unspecified atom stereocenters. The molecule has 8 heteroatoms. The van der Waals surface area contributed by atoms with E-state index in [2.05, 4.69) is 21.4 Å². The summed E-state index contributed by atoms with van der Waals surface area (Å²) in [5, 5.41) is 4.38. The van der Waals surface area contributed by atoms with Crippen molar-refractivity contribution >= 4 is 38.4 Å². The van der Waals surface area contributed by atoms with Gasteiger partial charge in [0.05, 0.1) is 26.1 Å². The van der Waals surface area contributed by atoms with Crippen LogP contribution >= 0.6 is 11.3 Å². The lowest BCUT2D eigenvalue weighted by Crippen LogP contribution is -2.32. The Balaban J connectivity index is 1.30. The number of carbonyl (C=O) groups is 1. The maximum Gasteiger partial charge on any atom is 0.328 e. The van der Waals surface area contributed by atoms with E-state index in [1.165, 1.54) is 9.27 Å². The second-order valence-electron chi connectivity index (χ2n) is 6.71. The van der Waals surface area contributed by atoms with Gasteiger partial charge in [0.25, 0.3) is 5.56 Å². The average molecular weight is 408 g/mol. The zero-order valence-corrected chi connectivity index (χ0v) is 16.5. The molecule has 0 spiro atoms. The molecule has 0 aliphatic carbocycles. The predicted octanol–water partition coefficient (Wildman–Crippen LogP) is 2.44. The van der Waals surface area contributed by atoms with Gasteiger partial charge in [0, 0.05) is 25.9 Å². The van der Waals surface area contributed by atoms with Crippen molar-refractivity contribution < 1.29 is 4.79 Å². The van der Waals surface area contributed by atoms with Crippen LogP contribution in [0.15, 0.2) is 58.1 Å². The first kappa shape index (κ1) is 19.1. The Morgan fingerprint density at radius 3 is 2.76 bits per heavy atom. The van der Waals surface area contributed by atoms with Gasteiger partial charge >= 0.3 is 5.69 Å². The number of thiazole rings is 1. The molecule has 2 aromatic carbocycles. The van der Waals surface area contributed by atoms with Crippen molar-refractivity contribution in [2.45, 2.75) is 25.8 Å². The predicted molar refractivity (Wildman–Crippen MR) is 114 cm³/mol. The summed E-state index contributed by atoms with van der Waals surface area (Å²) < 4.78 is 2.60. The SMILES string of the molecule is O=C(CCn1c(=O)[nH]c(=O)c2ccccc21)NCCCc1nc2ccccc2s1. The Morgan fingerprint density at radius 1 is 1.10 bits per heavy atom. The zero-order chi connectivity index (χ0) is 20.2. The van der Waals surface area contributed by atoms with Crippen molar-refractivity contribution in [2.24, 2.45) is 0 Å². The van der Waals surface area contributed by atoms with Crippen molar-refractivity contribution in [1.29, 1.82) is 0 Å². The van der Waals surface area contributed by atoms with Gasteiger partial charge in [-0.25, -0.2) is 9.78 Å². The summed E-state index contributed by atoms with van der Waals surface area (Å²) in [5.41, 5.74) is 0.624. The molecule has 0 atom stereocenters. The second-order valence-corrected chi connectivity index (χ2v) is 7.82. The molecule has 2 N–H and O–H groups in total. The highest BCUT2D eigenvalue weighted by Gasteiger charge is 2.09. The van der Waals surface area contributed by atoms with E-state index in [9.17, 15) is 14.4 Å². The molecule has 4 rings (SSSR count). The van der Waals surface area contributed by atoms with Gasteiger partial charge in [-0.15, -0.1) is 11.3 Å². The maximum atomic E-state index is 12.2. The number of benzene rings is 2. The number of fused-ring (bicyclic) bond motifs is 2. The fraction of sp³-hybridized carbons (Fsp3) is 0.238. The summed E-state index contributed by atoms with van der Waals surface area (Å²) in [7, 11) is 0. The van der Waals surface area contributed by atoms with E-state index in [1.54, 1.807) is 35.6 Å². The van der Waals surface area contributed by atoms with Crippen molar-refractivity contribution in [2.75, 3.05) is 6.54 Å². The summed E-state index contributed by atoms with van der Waals surface area (Å²) >= 11 is 1.68. The van der Waals surface area contributed by atoms with Gasteiger partial charge in [-0.1, -0.05) is 24.3 Å². The summed E-state index contributed by atoms with van der Waals surface area (Å²) in [6.45, 7) is 0.760. The van der Waals surface area contributed by atoms with Crippen molar-refractivity contribution in [3.05, 3.63) is 74.4 Å². The lowest BCUT2D eigenvalue weighted by molar-refractivity contribution is -0.121. The van der Waals surface area contributed by atoms with Crippen LogP contribution in [0.3, 0.4) is 0 Å². The number of aryl methyl sites for hydroxylation is 2. The molecular weight excluding hydrogens is 388 g/mol. The first-order valence-corrected chi connectivity index (χ1v) is 10.3. The molecule has 0 bridgehead atoms. The first-order chi connectivity index (χ1) is 14.1. The molecule has 2 aromatic heterocycles. The summed E-state index contributed by atoms with van der Waals surface area (Å²) in [4.78, 5) is 43.1. The van der Waals surface area contributed by atoms with Crippen LogP contribution in [0.5, 0.6) is 0 Å². The van der Waals surface area contributed by atoms with Crippen LogP contribution in [0.1, 0.15) is 17.8 Å². The van der Waals surface area contributed by atoms with Crippen LogP contribution in [0.2, 0.25) is 0 Å². The molecule has 2 heterocycles. The van der Waals surface area contributed by atoms with Crippen molar-refractivity contribution in [3.8, 4) is 0 Å².